The summed E-state index contributed by atoms with van der Waals surface area (Å²) >= 11 is 0. The van der Waals surface area contributed by atoms with Gasteiger partial charge in [-0.2, -0.15) is 0 Å². The van der Waals surface area contributed by atoms with Gasteiger partial charge >= 0.3 is 0 Å². The summed E-state index contributed by atoms with van der Waals surface area (Å²) in [6, 6.07) is 13.8. The second kappa shape index (κ2) is 11.0. The molecule has 4 fully saturated rings. The van der Waals surface area contributed by atoms with E-state index in [0.29, 0.717) is 41.0 Å². The molecule has 244 valence electrons. The maximum Gasteiger partial charge on any atom is 0.119 e. The first-order chi connectivity index (χ1) is 21.7. The molecule has 0 aliphatic heterocycles. The molecule has 0 radical (unpaired) electrons. The zero-order valence-corrected chi connectivity index (χ0v) is 28.5. The van der Waals surface area contributed by atoms with Crippen LogP contribution in [0.2, 0.25) is 0 Å². The minimum atomic E-state index is -0.165. The molecular weight excluding hydrogens is 552 g/mol. The molecule has 6 aliphatic carbocycles. The van der Waals surface area contributed by atoms with Crippen LogP contribution in [0, 0.1) is 46.3 Å². The number of nitrogens with two attached hydrogens (primary N) is 2. The van der Waals surface area contributed by atoms with E-state index in [2.05, 4.69) is 50.2 Å². The van der Waals surface area contributed by atoms with Crippen molar-refractivity contribution >= 4 is 0 Å². The van der Waals surface area contributed by atoms with Crippen LogP contribution in [0.25, 0.3) is 0 Å². The fourth-order valence-corrected chi connectivity index (χ4v) is 14.0. The average molecular weight is 611 g/mol. The van der Waals surface area contributed by atoms with E-state index in [4.69, 9.17) is 20.9 Å². The van der Waals surface area contributed by atoms with Gasteiger partial charge in [0, 0.05) is 5.54 Å². The smallest absolute Gasteiger partial charge is 0.119 e. The Hall–Kier alpha value is -2.04. The number of benzene rings is 2. The summed E-state index contributed by atoms with van der Waals surface area (Å²) in [6.45, 7) is 6.09. The molecule has 0 amide bonds. The van der Waals surface area contributed by atoms with E-state index in [1.54, 1.807) is 25.3 Å². The number of hydrogen-bond acceptors (Lipinski definition) is 4. The molecule has 0 spiro atoms. The lowest BCUT2D eigenvalue weighted by Gasteiger charge is -2.59. The second-order valence-corrected chi connectivity index (χ2v) is 17.0. The first kappa shape index (κ1) is 30.3. The van der Waals surface area contributed by atoms with Crippen molar-refractivity contribution < 1.29 is 9.47 Å². The summed E-state index contributed by atoms with van der Waals surface area (Å²) in [7, 11) is 3.59. The lowest BCUT2D eigenvalue weighted by atomic mass is 9.47. The van der Waals surface area contributed by atoms with Crippen molar-refractivity contribution in [3.63, 3.8) is 0 Å². The summed E-state index contributed by atoms with van der Waals surface area (Å²) < 4.78 is 11.2. The van der Waals surface area contributed by atoms with E-state index in [-0.39, 0.29) is 5.54 Å². The van der Waals surface area contributed by atoms with Crippen LogP contribution in [0.15, 0.2) is 36.4 Å². The van der Waals surface area contributed by atoms with Crippen LogP contribution in [0.3, 0.4) is 0 Å². The molecule has 45 heavy (non-hydrogen) atoms. The van der Waals surface area contributed by atoms with Gasteiger partial charge in [0.15, 0.2) is 0 Å². The summed E-state index contributed by atoms with van der Waals surface area (Å²) in [4.78, 5) is 0. The molecule has 8 rings (SSSR count). The van der Waals surface area contributed by atoms with Gasteiger partial charge in [-0.25, -0.2) is 0 Å². The van der Waals surface area contributed by atoms with Crippen LogP contribution in [0.5, 0.6) is 11.5 Å². The van der Waals surface area contributed by atoms with Crippen molar-refractivity contribution in [3.05, 3.63) is 58.7 Å². The Bertz CT molecular complexity index is 1340. The number of rotatable bonds is 6. The van der Waals surface area contributed by atoms with Crippen LogP contribution in [-0.2, 0) is 12.8 Å². The Balaban J connectivity index is 1.07. The minimum absolute atomic E-state index is 0.165. The third kappa shape index (κ3) is 4.36. The Morgan fingerprint density at radius 1 is 0.689 bits per heavy atom. The number of methoxy groups -OCH3 is 2. The summed E-state index contributed by atoms with van der Waals surface area (Å²) in [5, 5.41) is 0. The van der Waals surface area contributed by atoms with E-state index < -0.39 is 0 Å². The molecule has 2 aromatic rings. The van der Waals surface area contributed by atoms with Gasteiger partial charge in [0.1, 0.15) is 11.5 Å². The largest absolute Gasteiger partial charge is 0.497 e. The first-order valence-corrected chi connectivity index (χ1v) is 18.6. The number of aryl methyl sites for hydroxylation is 2. The SMILES string of the molecule is COc1ccc2c(c1)CCC1C2CC[C@@]2(C)C1CCC2C(N)(CCN)C1CCC2C3CCc4cc(OC)ccc4C3CC[C@@]21C. The monoisotopic (exact) mass is 610 g/mol. The molecule has 8 unspecified atom stereocenters. The van der Waals surface area contributed by atoms with E-state index in [0.717, 1.165) is 41.6 Å². The highest BCUT2D eigenvalue weighted by Gasteiger charge is 2.65. The van der Waals surface area contributed by atoms with Gasteiger partial charge < -0.3 is 20.9 Å². The quantitative estimate of drug-likeness (QED) is 0.345. The van der Waals surface area contributed by atoms with Crippen LogP contribution in [0.4, 0.5) is 0 Å². The zero-order chi connectivity index (χ0) is 31.1. The molecule has 2 aromatic carbocycles. The highest BCUT2D eigenvalue weighted by atomic mass is 16.5. The Morgan fingerprint density at radius 2 is 1.16 bits per heavy atom. The maximum absolute atomic E-state index is 8.05. The molecular formula is C41H58N2O2. The standard InChI is InChI=1S/C41H58N2O2/c1-39-19-17-31-29-11-7-27(44-3)23-25(29)5-9-33(31)35(39)13-15-37(39)41(43,21-22-42)38-16-14-36-34-10-6-26-24-28(45-4)8-12-30(26)32(34)18-20-40(36,38)2/h7-8,11-12,23-24,31-38H,5-6,9-10,13-22,42-43H2,1-4H3/t31?,32?,33?,34?,35?,36?,37?,38?,39-,40-,41?/m0/s1. The van der Waals surface area contributed by atoms with Crippen molar-refractivity contribution in [2.75, 3.05) is 20.8 Å². The predicted molar refractivity (Wildman–Crippen MR) is 183 cm³/mol. The van der Waals surface area contributed by atoms with E-state index in [1.807, 2.05) is 0 Å². The fourth-order valence-electron chi connectivity index (χ4n) is 14.0. The van der Waals surface area contributed by atoms with Gasteiger partial charge in [0.25, 0.3) is 0 Å². The molecule has 4 saturated carbocycles. The van der Waals surface area contributed by atoms with Crippen molar-refractivity contribution in [2.45, 2.75) is 115 Å². The zero-order valence-electron chi connectivity index (χ0n) is 28.5. The highest BCUT2D eigenvalue weighted by molar-refractivity contribution is 5.42. The van der Waals surface area contributed by atoms with Gasteiger partial charge in [0.05, 0.1) is 14.2 Å². The van der Waals surface area contributed by atoms with Crippen molar-refractivity contribution in [1.29, 1.82) is 0 Å². The van der Waals surface area contributed by atoms with Crippen LogP contribution in [-0.4, -0.2) is 26.3 Å². The van der Waals surface area contributed by atoms with E-state index >= 15 is 0 Å². The first-order valence-electron chi connectivity index (χ1n) is 18.6. The topological polar surface area (TPSA) is 70.5 Å². The Morgan fingerprint density at radius 3 is 1.58 bits per heavy atom. The molecule has 4 N–H and O–H groups in total. The third-order valence-corrected chi connectivity index (χ3v) is 15.7. The maximum atomic E-state index is 8.05. The van der Waals surface area contributed by atoms with E-state index in [1.165, 1.54) is 88.2 Å². The minimum Gasteiger partial charge on any atom is -0.497 e. The van der Waals surface area contributed by atoms with Crippen LogP contribution < -0.4 is 20.9 Å². The van der Waals surface area contributed by atoms with Crippen molar-refractivity contribution in [1.82, 2.24) is 0 Å². The Kier molecular flexibility index (Phi) is 7.41. The fraction of sp³-hybridized carbons (Fsp3) is 0.707. The van der Waals surface area contributed by atoms with Crippen molar-refractivity contribution in [2.24, 2.45) is 57.8 Å². The predicted octanol–water partition coefficient (Wildman–Crippen LogP) is 8.39. The molecule has 0 bridgehead atoms. The molecule has 4 heteroatoms. The van der Waals surface area contributed by atoms with Crippen LogP contribution >= 0.6 is 0 Å². The van der Waals surface area contributed by atoms with Crippen LogP contribution in [0.1, 0.15) is 119 Å². The molecule has 10 atom stereocenters. The summed E-state index contributed by atoms with van der Waals surface area (Å²) in [6.07, 6.45) is 16.6. The van der Waals surface area contributed by atoms with Gasteiger partial charge in [0.2, 0.25) is 0 Å². The van der Waals surface area contributed by atoms with Gasteiger partial charge in [-0.15, -0.1) is 0 Å². The lowest BCUT2D eigenvalue weighted by Crippen LogP contribution is -2.62. The normalized spacial score (nSPS) is 41.0. The second-order valence-electron chi connectivity index (χ2n) is 17.0. The lowest BCUT2D eigenvalue weighted by molar-refractivity contribution is -0.0576. The third-order valence-electron chi connectivity index (χ3n) is 15.7. The van der Waals surface area contributed by atoms with Gasteiger partial charge in [-0.3, -0.25) is 0 Å². The molecule has 6 aliphatic rings. The summed E-state index contributed by atoms with van der Waals surface area (Å²) in [5.74, 6) is 7.74. The molecule has 0 aromatic heterocycles. The number of ether oxygens (including phenoxy) is 2. The Labute approximate surface area is 272 Å². The highest BCUT2D eigenvalue weighted by Crippen LogP contribution is 2.70. The molecule has 0 heterocycles. The summed E-state index contributed by atoms with van der Waals surface area (Å²) in [5.41, 5.74) is 21.4. The van der Waals surface area contributed by atoms with Gasteiger partial charge in [-0.05, 0) is 195 Å². The van der Waals surface area contributed by atoms with Gasteiger partial charge in [-0.1, -0.05) is 26.0 Å². The number of fused-ring (bicyclic) bond motifs is 10. The molecule has 4 nitrogen and oxygen atoms in total. The van der Waals surface area contributed by atoms with E-state index in [9.17, 15) is 0 Å². The number of hydrogen-bond donors (Lipinski definition) is 2. The molecule has 0 saturated heterocycles. The average Bonchev–Trinajstić information content (AvgIpc) is 3.61. The van der Waals surface area contributed by atoms with Crippen molar-refractivity contribution in [3.8, 4) is 11.5 Å².